The standard InChI is InChI=1S/C12H8BrF4N3O/c1-18-9-5-10(20-11(19-9)12(15,16)17)21-6-2-3-7(13)8(14)4-6/h2-5H,1H3,(H,18,19,20). The molecule has 0 amide bonds. The number of anilines is 1. The highest BCUT2D eigenvalue weighted by Crippen LogP contribution is 2.31. The first-order chi connectivity index (χ1) is 9.79. The fourth-order valence-electron chi connectivity index (χ4n) is 1.39. The summed E-state index contributed by atoms with van der Waals surface area (Å²) in [6.07, 6.45) is -4.71. The molecule has 0 fully saturated rings. The van der Waals surface area contributed by atoms with E-state index in [1.807, 2.05) is 0 Å². The maximum Gasteiger partial charge on any atom is 0.451 e. The lowest BCUT2D eigenvalue weighted by atomic mass is 10.3. The average molecular weight is 366 g/mol. The Hall–Kier alpha value is -1.90. The van der Waals surface area contributed by atoms with E-state index in [1.54, 1.807) is 0 Å². The normalized spacial score (nSPS) is 11.3. The van der Waals surface area contributed by atoms with Crippen molar-refractivity contribution in [2.75, 3.05) is 12.4 Å². The molecule has 0 unspecified atom stereocenters. The number of benzene rings is 1. The zero-order chi connectivity index (χ0) is 15.6. The Bertz CT molecular complexity index is 663. The van der Waals surface area contributed by atoms with Gasteiger partial charge in [0.2, 0.25) is 11.7 Å². The molecule has 9 heteroatoms. The zero-order valence-corrected chi connectivity index (χ0v) is 12.1. The second-order valence-corrected chi connectivity index (χ2v) is 4.70. The number of halogens is 5. The number of alkyl halides is 3. The number of nitrogens with one attached hydrogen (secondary N) is 1. The van der Waals surface area contributed by atoms with Crippen LogP contribution in [0.25, 0.3) is 0 Å². The Balaban J connectivity index is 2.36. The Morgan fingerprint density at radius 3 is 2.48 bits per heavy atom. The fraction of sp³-hybridized carbons (Fsp3) is 0.167. The Morgan fingerprint density at radius 1 is 1.19 bits per heavy atom. The molecule has 4 nitrogen and oxygen atoms in total. The molecular formula is C12H8BrF4N3O. The summed E-state index contributed by atoms with van der Waals surface area (Å²) in [7, 11) is 1.41. The van der Waals surface area contributed by atoms with Crippen molar-refractivity contribution in [3.63, 3.8) is 0 Å². The van der Waals surface area contributed by atoms with Gasteiger partial charge in [0.05, 0.1) is 4.47 Å². The minimum Gasteiger partial charge on any atom is -0.439 e. The van der Waals surface area contributed by atoms with Gasteiger partial charge < -0.3 is 10.1 Å². The lowest BCUT2D eigenvalue weighted by Crippen LogP contribution is -2.12. The van der Waals surface area contributed by atoms with E-state index < -0.39 is 17.8 Å². The molecule has 1 N–H and O–H groups in total. The topological polar surface area (TPSA) is 47.0 Å². The number of nitrogens with zero attached hydrogens (tertiary/aromatic N) is 2. The lowest BCUT2D eigenvalue weighted by molar-refractivity contribution is -0.145. The molecule has 2 rings (SSSR count). The van der Waals surface area contributed by atoms with Crippen LogP contribution in [0.2, 0.25) is 0 Å². The average Bonchev–Trinajstić information content (AvgIpc) is 2.41. The van der Waals surface area contributed by atoms with Gasteiger partial charge in [0.15, 0.2) is 0 Å². The predicted molar refractivity (Wildman–Crippen MR) is 70.8 cm³/mol. The van der Waals surface area contributed by atoms with Crippen LogP contribution in [0.3, 0.4) is 0 Å². The number of ether oxygens (including phenoxy) is 1. The summed E-state index contributed by atoms with van der Waals surface area (Å²) in [5, 5.41) is 2.47. The van der Waals surface area contributed by atoms with Crippen LogP contribution < -0.4 is 10.1 Å². The van der Waals surface area contributed by atoms with Gasteiger partial charge in [0, 0.05) is 19.2 Å². The number of hydrogen-bond donors (Lipinski definition) is 1. The van der Waals surface area contributed by atoms with Gasteiger partial charge in [-0.2, -0.15) is 18.2 Å². The quantitative estimate of drug-likeness (QED) is 0.826. The highest BCUT2D eigenvalue weighted by Gasteiger charge is 2.35. The molecule has 0 spiro atoms. The van der Waals surface area contributed by atoms with Crippen LogP contribution in [-0.2, 0) is 6.18 Å². The molecule has 21 heavy (non-hydrogen) atoms. The highest BCUT2D eigenvalue weighted by molar-refractivity contribution is 9.10. The number of rotatable bonds is 3. The van der Waals surface area contributed by atoms with Crippen LogP contribution >= 0.6 is 15.9 Å². The summed E-state index contributed by atoms with van der Waals surface area (Å²) < 4.78 is 56.7. The minimum atomic E-state index is -4.71. The molecule has 0 saturated carbocycles. The van der Waals surface area contributed by atoms with Gasteiger partial charge in [-0.1, -0.05) is 0 Å². The van der Waals surface area contributed by atoms with Crippen LogP contribution in [0.1, 0.15) is 5.82 Å². The molecule has 1 heterocycles. The van der Waals surface area contributed by atoms with Crippen molar-refractivity contribution in [3.8, 4) is 11.6 Å². The highest BCUT2D eigenvalue weighted by atomic mass is 79.9. The smallest absolute Gasteiger partial charge is 0.439 e. The lowest BCUT2D eigenvalue weighted by Gasteiger charge is -2.11. The third-order valence-electron chi connectivity index (χ3n) is 2.33. The first-order valence-corrected chi connectivity index (χ1v) is 6.36. The van der Waals surface area contributed by atoms with Crippen molar-refractivity contribution >= 4 is 21.7 Å². The van der Waals surface area contributed by atoms with Gasteiger partial charge in [-0.25, -0.2) is 9.37 Å². The van der Waals surface area contributed by atoms with Gasteiger partial charge in [-0.3, -0.25) is 0 Å². The van der Waals surface area contributed by atoms with E-state index in [2.05, 4.69) is 31.2 Å². The van der Waals surface area contributed by atoms with Gasteiger partial charge in [0.25, 0.3) is 0 Å². The molecule has 0 aliphatic carbocycles. The first kappa shape index (κ1) is 15.5. The van der Waals surface area contributed by atoms with Crippen LogP contribution in [-0.4, -0.2) is 17.0 Å². The predicted octanol–water partition coefficient (Wildman–Crippen LogP) is 4.23. The minimum absolute atomic E-state index is 0.0181. The fourth-order valence-corrected chi connectivity index (χ4v) is 1.64. The largest absolute Gasteiger partial charge is 0.451 e. The summed E-state index contributed by atoms with van der Waals surface area (Å²) >= 11 is 2.96. The molecule has 0 atom stereocenters. The van der Waals surface area contributed by atoms with Crippen molar-refractivity contribution < 1.29 is 22.3 Å². The molecule has 2 aromatic rings. The molecule has 0 aliphatic heterocycles. The maximum atomic E-state index is 13.3. The van der Waals surface area contributed by atoms with E-state index in [-0.39, 0.29) is 21.9 Å². The summed E-state index contributed by atoms with van der Waals surface area (Å²) in [5.41, 5.74) is 0. The number of hydrogen-bond acceptors (Lipinski definition) is 4. The third-order valence-corrected chi connectivity index (χ3v) is 2.97. The monoisotopic (exact) mass is 365 g/mol. The van der Waals surface area contributed by atoms with Crippen molar-refractivity contribution in [1.29, 1.82) is 0 Å². The van der Waals surface area contributed by atoms with Crippen LogP contribution in [0, 0.1) is 5.82 Å². The molecule has 0 aliphatic rings. The van der Waals surface area contributed by atoms with Crippen molar-refractivity contribution in [3.05, 3.63) is 40.4 Å². The summed E-state index contributed by atoms with van der Waals surface area (Å²) in [6.45, 7) is 0. The van der Waals surface area contributed by atoms with Gasteiger partial charge in [-0.15, -0.1) is 0 Å². The molecular weight excluding hydrogens is 358 g/mol. The van der Waals surface area contributed by atoms with Crippen LogP contribution in [0.5, 0.6) is 11.6 Å². The molecule has 1 aromatic carbocycles. The van der Waals surface area contributed by atoms with E-state index >= 15 is 0 Å². The molecule has 112 valence electrons. The second-order valence-electron chi connectivity index (χ2n) is 3.84. The van der Waals surface area contributed by atoms with E-state index in [0.717, 1.165) is 6.07 Å². The zero-order valence-electron chi connectivity index (χ0n) is 10.5. The second kappa shape index (κ2) is 5.84. The molecule has 0 radical (unpaired) electrons. The van der Waals surface area contributed by atoms with Gasteiger partial charge in [0.1, 0.15) is 17.4 Å². The van der Waals surface area contributed by atoms with Crippen LogP contribution in [0.4, 0.5) is 23.4 Å². The Morgan fingerprint density at radius 2 is 1.90 bits per heavy atom. The van der Waals surface area contributed by atoms with E-state index in [0.29, 0.717) is 0 Å². The summed E-state index contributed by atoms with van der Waals surface area (Å²) in [6, 6.07) is 4.96. The van der Waals surface area contributed by atoms with E-state index in [4.69, 9.17) is 4.74 Å². The molecule has 1 aromatic heterocycles. The number of aromatic nitrogens is 2. The van der Waals surface area contributed by atoms with Crippen LogP contribution in [0.15, 0.2) is 28.7 Å². The van der Waals surface area contributed by atoms with Gasteiger partial charge in [-0.05, 0) is 28.1 Å². The van der Waals surface area contributed by atoms with Crippen molar-refractivity contribution in [2.45, 2.75) is 6.18 Å². The Labute approximate surface area is 125 Å². The SMILES string of the molecule is CNc1cc(Oc2ccc(Br)c(F)c2)nc(C(F)(F)F)n1. The van der Waals surface area contributed by atoms with E-state index in [9.17, 15) is 17.6 Å². The third kappa shape index (κ3) is 3.81. The van der Waals surface area contributed by atoms with Crippen molar-refractivity contribution in [1.82, 2.24) is 9.97 Å². The van der Waals surface area contributed by atoms with E-state index in [1.165, 1.54) is 25.2 Å². The van der Waals surface area contributed by atoms with Crippen molar-refractivity contribution in [2.24, 2.45) is 0 Å². The molecule has 0 saturated heterocycles. The maximum absolute atomic E-state index is 13.3. The summed E-state index contributed by atoms with van der Waals surface area (Å²) in [4.78, 5) is 6.56. The summed E-state index contributed by atoms with van der Waals surface area (Å²) in [5.74, 6) is -2.34. The molecule has 0 bridgehead atoms. The van der Waals surface area contributed by atoms with Gasteiger partial charge >= 0.3 is 6.18 Å². The first-order valence-electron chi connectivity index (χ1n) is 5.56. The Kier molecular flexibility index (Phi) is 4.31.